The van der Waals surface area contributed by atoms with E-state index in [1.807, 2.05) is 0 Å². The molecule has 0 saturated carbocycles. The molecule has 15 heavy (non-hydrogen) atoms. The molecule has 0 aromatic heterocycles. The van der Waals surface area contributed by atoms with Crippen LogP contribution in [0.1, 0.15) is 17.2 Å². The number of likely N-dealkylation sites (N-methyl/N-ethyl adjacent to an activating group) is 1. The van der Waals surface area contributed by atoms with E-state index < -0.39 is 6.10 Å². The molecule has 1 aromatic rings. The van der Waals surface area contributed by atoms with E-state index >= 15 is 0 Å². The largest absolute Gasteiger partial charge is 0.506 e. The van der Waals surface area contributed by atoms with E-state index in [9.17, 15) is 15.3 Å². The highest BCUT2D eigenvalue weighted by Gasteiger charge is 2.18. The molecule has 4 nitrogen and oxygen atoms in total. The maximum atomic E-state index is 9.68. The van der Waals surface area contributed by atoms with Gasteiger partial charge in [0.1, 0.15) is 16.5 Å². The van der Waals surface area contributed by atoms with Crippen LogP contribution in [0.25, 0.3) is 0 Å². The van der Waals surface area contributed by atoms with Gasteiger partial charge in [0.25, 0.3) is 0 Å². The number of phenolic OH excluding ortho intramolecular Hbond substituents is 2. The fourth-order valence-corrected chi connectivity index (χ4v) is 1.60. The molecule has 0 spiro atoms. The molecule has 0 bridgehead atoms. The Morgan fingerprint density at radius 1 is 1.40 bits per heavy atom. The molecule has 4 N–H and O–H groups in total. The summed E-state index contributed by atoms with van der Waals surface area (Å²) in [6.07, 6.45) is -0.855. The molecule has 0 radical (unpaired) electrons. The van der Waals surface area contributed by atoms with Gasteiger partial charge in [0.15, 0.2) is 0 Å². The second-order valence-electron chi connectivity index (χ2n) is 3.37. The average Bonchev–Trinajstić information content (AvgIpc) is 2.20. The normalized spacial score (nSPS) is 12.8. The second kappa shape index (κ2) is 4.70. The Labute approximate surface area is 93.1 Å². The van der Waals surface area contributed by atoms with Crippen LogP contribution in [-0.2, 0) is 0 Å². The third-order valence-corrected chi connectivity index (χ3v) is 2.55. The fourth-order valence-electron chi connectivity index (χ4n) is 1.34. The van der Waals surface area contributed by atoms with Gasteiger partial charge < -0.3 is 20.6 Å². The van der Waals surface area contributed by atoms with Crippen LogP contribution in [-0.4, -0.2) is 28.9 Å². The molecule has 1 rings (SSSR count). The quantitative estimate of drug-likeness (QED) is 0.633. The SMILES string of the molecule is CNCC(O)c1cc(C)c(O)c(Cl)c1O. The van der Waals surface area contributed by atoms with Gasteiger partial charge in [-0.25, -0.2) is 0 Å². The van der Waals surface area contributed by atoms with E-state index in [1.165, 1.54) is 6.07 Å². The third kappa shape index (κ3) is 2.34. The zero-order valence-electron chi connectivity index (χ0n) is 8.58. The van der Waals surface area contributed by atoms with Gasteiger partial charge in [0, 0.05) is 12.1 Å². The number of hydrogen-bond donors (Lipinski definition) is 4. The standard InChI is InChI=1S/C10H14ClNO3/c1-5-3-6(7(13)4-12-2)10(15)8(11)9(5)14/h3,7,12-15H,4H2,1-2H3. The minimum atomic E-state index is -0.855. The van der Waals surface area contributed by atoms with Crippen LogP contribution in [0.5, 0.6) is 11.5 Å². The summed E-state index contributed by atoms with van der Waals surface area (Å²) in [5.74, 6) is -0.433. The predicted octanol–water partition coefficient (Wildman–Crippen LogP) is 1.31. The van der Waals surface area contributed by atoms with Crippen molar-refractivity contribution in [1.82, 2.24) is 5.32 Å². The van der Waals surface area contributed by atoms with Crippen molar-refractivity contribution in [3.63, 3.8) is 0 Å². The Bertz CT molecular complexity index is 368. The highest BCUT2D eigenvalue weighted by molar-refractivity contribution is 6.33. The molecule has 0 saturated heterocycles. The summed E-state index contributed by atoms with van der Waals surface area (Å²) >= 11 is 5.70. The van der Waals surface area contributed by atoms with E-state index in [1.54, 1.807) is 14.0 Å². The molecule has 0 fully saturated rings. The lowest BCUT2D eigenvalue weighted by atomic mass is 10.0. The Morgan fingerprint density at radius 3 is 2.53 bits per heavy atom. The number of aliphatic hydroxyl groups excluding tert-OH is 1. The molecule has 0 amide bonds. The van der Waals surface area contributed by atoms with Crippen molar-refractivity contribution < 1.29 is 15.3 Å². The van der Waals surface area contributed by atoms with Crippen LogP contribution < -0.4 is 5.32 Å². The van der Waals surface area contributed by atoms with Gasteiger partial charge in [-0.15, -0.1) is 0 Å². The smallest absolute Gasteiger partial charge is 0.143 e. The van der Waals surface area contributed by atoms with E-state index in [-0.39, 0.29) is 16.5 Å². The van der Waals surface area contributed by atoms with Crippen LogP contribution in [0.15, 0.2) is 6.07 Å². The highest BCUT2D eigenvalue weighted by atomic mass is 35.5. The van der Waals surface area contributed by atoms with E-state index in [0.29, 0.717) is 17.7 Å². The first-order chi connectivity index (χ1) is 6.99. The van der Waals surface area contributed by atoms with Crippen molar-refractivity contribution in [2.45, 2.75) is 13.0 Å². The van der Waals surface area contributed by atoms with Gasteiger partial charge in [-0.1, -0.05) is 11.6 Å². The second-order valence-corrected chi connectivity index (χ2v) is 3.75. The number of hydrogen-bond acceptors (Lipinski definition) is 4. The van der Waals surface area contributed by atoms with Gasteiger partial charge in [0.05, 0.1) is 6.10 Å². The van der Waals surface area contributed by atoms with Crippen molar-refractivity contribution in [1.29, 1.82) is 0 Å². The summed E-state index contributed by atoms with van der Waals surface area (Å²) in [6.45, 7) is 1.95. The number of aliphatic hydroxyl groups is 1. The van der Waals surface area contributed by atoms with Crippen LogP contribution in [0, 0.1) is 6.92 Å². The first kappa shape index (κ1) is 12.1. The Hall–Kier alpha value is -0.970. The summed E-state index contributed by atoms with van der Waals surface area (Å²) in [5, 5.41) is 31.4. The fraction of sp³-hybridized carbons (Fsp3) is 0.400. The number of halogens is 1. The summed E-state index contributed by atoms with van der Waals surface area (Å²) < 4.78 is 0. The van der Waals surface area contributed by atoms with Crippen LogP contribution >= 0.6 is 11.6 Å². The molecule has 0 aliphatic rings. The number of nitrogens with one attached hydrogen (secondary N) is 1. The summed E-state index contributed by atoms with van der Waals surface area (Å²) in [4.78, 5) is 0. The monoisotopic (exact) mass is 231 g/mol. The van der Waals surface area contributed by atoms with Gasteiger partial charge in [-0.3, -0.25) is 0 Å². The summed E-state index contributed by atoms with van der Waals surface area (Å²) in [7, 11) is 1.69. The van der Waals surface area contributed by atoms with Gasteiger partial charge in [-0.2, -0.15) is 0 Å². The minimum absolute atomic E-state index is 0.125. The first-order valence-corrected chi connectivity index (χ1v) is 4.90. The molecular weight excluding hydrogens is 218 g/mol. The van der Waals surface area contributed by atoms with E-state index in [4.69, 9.17) is 11.6 Å². The van der Waals surface area contributed by atoms with Crippen molar-refractivity contribution in [3.8, 4) is 11.5 Å². The summed E-state index contributed by atoms with van der Waals surface area (Å²) in [6, 6.07) is 1.51. The van der Waals surface area contributed by atoms with Gasteiger partial charge >= 0.3 is 0 Å². The lowest BCUT2D eigenvalue weighted by Crippen LogP contribution is -2.16. The first-order valence-electron chi connectivity index (χ1n) is 4.52. The molecule has 1 aromatic carbocycles. The van der Waals surface area contributed by atoms with Crippen molar-refractivity contribution in [2.24, 2.45) is 0 Å². The van der Waals surface area contributed by atoms with Crippen LogP contribution in [0.3, 0.4) is 0 Å². The predicted molar refractivity (Wildman–Crippen MR) is 58.4 cm³/mol. The maximum Gasteiger partial charge on any atom is 0.143 e. The molecule has 0 heterocycles. The van der Waals surface area contributed by atoms with Crippen LogP contribution in [0.4, 0.5) is 0 Å². The molecule has 84 valence electrons. The third-order valence-electron chi connectivity index (χ3n) is 2.19. The molecule has 0 aliphatic heterocycles. The lowest BCUT2D eigenvalue weighted by Gasteiger charge is -2.15. The molecule has 5 heteroatoms. The number of phenols is 2. The van der Waals surface area contributed by atoms with E-state index in [2.05, 4.69) is 5.32 Å². The zero-order chi connectivity index (χ0) is 11.6. The van der Waals surface area contributed by atoms with Gasteiger partial charge in [0.2, 0.25) is 0 Å². The van der Waals surface area contributed by atoms with Crippen LogP contribution in [0.2, 0.25) is 5.02 Å². The zero-order valence-corrected chi connectivity index (χ0v) is 9.34. The Balaban J connectivity index is 3.19. The average molecular weight is 232 g/mol. The number of aryl methyl sites for hydroxylation is 1. The lowest BCUT2D eigenvalue weighted by molar-refractivity contribution is 0.173. The Morgan fingerprint density at radius 2 is 2.00 bits per heavy atom. The van der Waals surface area contributed by atoms with E-state index in [0.717, 1.165) is 0 Å². The van der Waals surface area contributed by atoms with Crippen molar-refractivity contribution in [2.75, 3.05) is 13.6 Å². The van der Waals surface area contributed by atoms with Gasteiger partial charge in [-0.05, 0) is 25.6 Å². The summed E-state index contributed by atoms with van der Waals surface area (Å²) in [5.41, 5.74) is 0.826. The minimum Gasteiger partial charge on any atom is -0.506 e. The maximum absolute atomic E-state index is 9.68. The highest BCUT2D eigenvalue weighted by Crippen LogP contribution is 2.40. The topological polar surface area (TPSA) is 72.7 Å². The number of rotatable bonds is 3. The molecule has 1 atom stereocenters. The number of benzene rings is 1. The molecule has 1 unspecified atom stereocenters. The molecule has 0 aliphatic carbocycles. The number of aromatic hydroxyl groups is 2. The van der Waals surface area contributed by atoms with Crippen molar-refractivity contribution >= 4 is 11.6 Å². The molecular formula is C10H14ClNO3. The van der Waals surface area contributed by atoms with Crippen molar-refractivity contribution in [3.05, 3.63) is 22.2 Å². The Kier molecular flexibility index (Phi) is 3.79.